The molecular weight excluding hydrogens is 458 g/mol. The topological polar surface area (TPSA) is 137 Å². The quantitative estimate of drug-likeness (QED) is 0.245. The highest BCUT2D eigenvalue weighted by Gasteiger charge is 2.27. The summed E-state index contributed by atoms with van der Waals surface area (Å²) in [6.45, 7) is 5.04. The lowest BCUT2D eigenvalue weighted by atomic mass is 10.0. The number of nitro benzene ring substituents is 1. The minimum absolute atomic E-state index is 0.0372. The highest BCUT2D eigenvalue weighted by Crippen LogP contribution is 2.17. The van der Waals surface area contributed by atoms with Gasteiger partial charge in [-0.2, -0.15) is 0 Å². The molecule has 2 aromatic carbocycles. The van der Waals surface area contributed by atoms with Gasteiger partial charge >= 0.3 is 12.2 Å². The first-order valence-electron chi connectivity index (χ1n) is 10.8. The van der Waals surface area contributed by atoms with Crippen LogP contribution in [0.25, 0.3) is 0 Å². The van der Waals surface area contributed by atoms with Crippen molar-refractivity contribution >= 4 is 23.8 Å². The number of alkyl carbamates (subject to hydrolysis) is 1. The maximum absolute atomic E-state index is 13.0. The molecule has 0 aromatic heterocycles. The van der Waals surface area contributed by atoms with E-state index in [1.165, 1.54) is 36.2 Å². The average Bonchev–Trinajstić information content (AvgIpc) is 2.77. The van der Waals surface area contributed by atoms with Crippen LogP contribution in [0.4, 0.5) is 15.3 Å². The molecule has 35 heavy (non-hydrogen) atoms. The van der Waals surface area contributed by atoms with Gasteiger partial charge in [0.15, 0.2) is 0 Å². The van der Waals surface area contributed by atoms with Crippen molar-refractivity contribution in [3.05, 3.63) is 70.3 Å². The van der Waals surface area contributed by atoms with E-state index in [0.29, 0.717) is 0 Å². The smallest absolute Gasteiger partial charge is 0.444 e. The second-order valence-electron chi connectivity index (χ2n) is 8.60. The van der Waals surface area contributed by atoms with Crippen molar-refractivity contribution in [2.45, 2.75) is 38.8 Å². The van der Waals surface area contributed by atoms with E-state index in [1.54, 1.807) is 20.8 Å². The Morgan fingerprint density at radius 2 is 1.69 bits per heavy atom. The Hall–Kier alpha value is -4.15. The van der Waals surface area contributed by atoms with E-state index >= 15 is 0 Å². The molecule has 0 aliphatic heterocycles. The minimum atomic E-state index is -1.02. The fraction of sp³-hybridized carbons (Fsp3) is 0.375. The molecule has 1 unspecified atom stereocenters. The molecular formula is C24H29N3O8. The monoisotopic (exact) mass is 487 g/mol. The van der Waals surface area contributed by atoms with Crippen LogP contribution in [0.15, 0.2) is 54.6 Å². The predicted octanol–water partition coefficient (Wildman–Crippen LogP) is 3.70. The SMILES string of the molecule is CN(CCOC(=O)Oc1ccc([N+](=O)[O-])cc1)C(=O)C(Cc1ccccc1)NC(=O)OC(C)(C)C. The summed E-state index contributed by atoms with van der Waals surface area (Å²) >= 11 is 0. The summed E-state index contributed by atoms with van der Waals surface area (Å²) in [6, 6.07) is 13.2. The van der Waals surface area contributed by atoms with Gasteiger partial charge in [0.1, 0.15) is 24.0 Å². The van der Waals surface area contributed by atoms with Crippen molar-refractivity contribution in [2.24, 2.45) is 0 Å². The van der Waals surface area contributed by atoms with Crippen molar-refractivity contribution in [3.63, 3.8) is 0 Å². The van der Waals surface area contributed by atoms with Gasteiger partial charge in [-0.3, -0.25) is 14.9 Å². The maximum atomic E-state index is 13.0. The van der Waals surface area contributed by atoms with E-state index in [2.05, 4.69) is 5.32 Å². The van der Waals surface area contributed by atoms with Crippen LogP contribution in [0.3, 0.4) is 0 Å². The van der Waals surface area contributed by atoms with Crippen LogP contribution in [0.1, 0.15) is 26.3 Å². The molecule has 0 aliphatic carbocycles. The molecule has 0 spiro atoms. The van der Waals surface area contributed by atoms with Gasteiger partial charge in [-0.05, 0) is 38.5 Å². The van der Waals surface area contributed by atoms with E-state index in [9.17, 15) is 24.5 Å². The Balaban J connectivity index is 1.91. The Labute approximate surface area is 203 Å². The number of nitro groups is 1. The zero-order valence-electron chi connectivity index (χ0n) is 20.1. The second-order valence-corrected chi connectivity index (χ2v) is 8.60. The lowest BCUT2D eigenvalue weighted by Gasteiger charge is -2.26. The van der Waals surface area contributed by atoms with E-state index < -0.39 is 34.7 Å². The fourth-order valence-corrected chi connectivity index (χ4v) is 2.90. The fourth-order valence-electron chi connectivity index (χ4n) is 2.90. The Morgan fingerprint density at radius 1 is 1.06 bits per heavy atom. The normalized spacial score (nSPS) is 11.7. The number of non-ortho nitro benzene ring substituents is 1. The Kier molecular flexibility index (Phi) is 9.56. The molecule has 0 saturated heterocycles. The molecule has 0 aliphatic rings. The number of carbonyl (C=O) groups excluding carboxylic acids is 3. The molecule has 1 N–H and O–H groups in total. The first-order valence-corrected chi connectivity index (χ1v) is 10.8. The number of benzene rings is 2. The zero-order chi connectivity index (χ0) is 26.0. The molecule has 2 amide bonds. The number of hydrogen-bond acceptors (Lipinski definition) is 8. The molecule has 1 atom stereocenters. The second kappa shape index (κ2) is 12.4. The number of ether oxygens (including phenoxy) is 3. The number of amides is 2. The lowest BCUT2D eigenvalue weighted by Crippen LogP contribution is -2.50. The van der Waals surface area contributed by atoms with Gasteiger partial charge in [-0.1, -0.05) is 30.3 Å². The predicted molar refractivity (Wildman–Crippen MR) is 126 cm³/mol. The van der Waals surface area contributed by atoms with Crippen LogP contribution in [-0.2, 0) is 20.7 Å². The molecule has 0 saturated carbocycles. The van der Waals surface area contributed by atoms with Crippen LogP contribution in [0.5, 0.6) is 5.75 Å². The Morgan fingerprint density at radius 3 is 2.26 bits per heavy atom. The van der Waals surface area contributed by atoms with E-state index in [1.807, 2.05) is 30.3 Å². The highest BCUT2D eigenvalue weighted by molar-refractivity contribution is 5.86. The van der Waals surface area contributed by atoms with Crippen molar-refractivity contribution in [1.29, 1.82) is 0 Å². The number of nitrogens with zero attached hydrogens (tertiary/aromatic N) is 2. The molecule has 11 heteroatoms. The number of likely N-dealkylation sites (N-methyl/N-ethyl adjacent to an activating group) is 1. The molecule has 0 bridgehead atoms. The molecule has 11 nitrogen and oxygen atoms in total. The maximum Gasteiger partial charge on any atom is 0.513 e. The van der Waals surface area contributed by atoms with Crippen molar-refractivity contribution in [2.75, 3.05) is 20.2 Å². The Bertz CT molecular complexity index is 1020. The summed E-state index contributed by atoms with van der Waals surface area (Å²) in [7, 11) is 1.52. The number of rotatable bonds is 9. The number of hydrogen-bond donors (Lipinski definition) is 1. The van der Waals surface area contributed by atoms with E-state index in [-0.39, 0.29) is 31.0 Å². The third-order valence-electron chi connectivity index (χ3n) is 4.54. The van der Waals surface area contributed by atoms with E-state index in [4.69, 9.17) is 14.2 Å². The summed E-state index contributed by atoms with van der Waals surface area (Å²) in [5, 5.41) is 13.3. The van der Waals surface area contributed by atoms with Crippen LogP contribution < -0.4 is 10.1 Å². The van der Waals surface area contributed by atoms with Gasteiger partial charge in [0.2, 0.25) is 5.91 Å². The lowest BCUT2D eigenvalue weighted by molar-refractivity contribution is -0.384. The van der Waals surface area contributed by atoms with Gasteiger partial charge in [-0.15, -0.1) is 0 Å². The summed E-state index contributed by atoms with van der Waals surface area (Å²) in [5.41, 5.74) is -0.0251. The summed E-state index contributed by atoms with van der Waals surface area (Å²) in [4.78, 5) is 48.6. The summed E-state index contributed by atoms with van der Waals surface area (Å²) < 4.78 is 15.2. The molecule has 0 heterocycles. The molecule has 2 rings (SSSR count). The zero-order valence-corrected chi connectivity index (χ0v) is 20.1. The third kappa shape index (κ3) is 9.70. The van der Waals surface area contributed by atoms with Crippen LogP contribution >= 0.6 is 0 Å². The average molecular weight is 488 g/mol. The van der Waals surface area contributed by atoms with Crippen LogP contribution in [0, 0.1) is 10.1 Å². The molecule has 2 aromatic rings. The van der Waals surface area contributed by atoms with Gasteiger partial charge in [-0.25, -0.2) is 9.59 Å². The van der Waals surface area contributed by atoms with Crippen molar-refractivity contribution in [3.8, 4) is 5.75 Å². The van der Waals surface area contributed by atoms with Gasteiger partial charge in [0.05, 0.1) is 11.5 Å². The number of carbonyl (C=O) groups is 3. The van der Waals surface area contributed by atoms with Crippen LogP contribution in [0.2, 0.25) is 0 Å². The molecule has 0 radical (unpaired) electrons. The largest absolute Gasteiger partial charge is 0.513 e. The summed E-state index contributed by atoms with van der Waals surface area (Å²) in [6.07, 6.45) is -1.50. The minimum Gasteiger partial charge on any atom is -0.444 e. The summed E-state index contributed by atoms with van der Waals surface area (Å²) in [5.74, 6) is -0.318. The third-order valence-corrected chi connectivity index (χ3v) is 4.54. The highest BCUT2D eigenvalue weighted by atomic mass is 16.7. The molecule has 0 fully saturated rings. The standard InChI is InChI=1S/C24H29N3O8/c1-24(2,3)35-22(29)25-20(16-17-8-6-5-7-9-17)21(28)26(4)14-15-33-23(30)34-19-12-10-18(11-13-19)27(31)32/h5-13,20H,14-16H2,1-4H3,(H,25,29). The molecule has 188 valence electrons. The van der Waals surface area contributed by atoms with Gasteiger partial charge in [0.25, 0.3) is 5.69 Å². The van der Waals surface area contributed by atoms with Crippen molar-refractivity contribution in [1.82, 2.24) is 10.2 Å². The van der Waals surface area contributed by atoms with E-state index in [0.717, 1.165) is 5.56 Å². The van der Waals surface area contributed by atoms with Gasteiger partial charge < -0.3 is 24.4 Å². The van der Waals surface area contributed by atoms with Crippen molar-refractivity contribution < 1.29 is 33.5 Å². The first kappa shape index (κ1) is 27.1. The van der Waals surface area contributed by atoms with Gasteiger partial charge in [0, 0.05) is 25.6 Å². The number of nitrogens with one attached hydrogen (secondary N) is 1. The van der Waals surface area contributed by atoms with Crippen LogP contribution in [-0.4, -0.2) is 59.8 Å². The first-order chi connectivity index (χ1) is 16.4.